The summed E-state index contributed by atoms with van der Waals surface area (Å²) < 4.78 is 16.8. The molecule has 0 bridgehead atoms. The van der Waals surface area contributed by atoms with Crippen LogP contribution in [-0.2, 0) is 4.74 Å². The normalized spacial score (nSPS) is 14.6. The van der Waals surface area contributed by atoms with E-state index in [0.717, 1.165) is 25.7 Å². The van der Waals surface area contributed by atoms with E-state index in [1.54, 1.807) is 19.2 Å². The molecule has 0 unspecified atom stereocenters. The highest BCUT2D eigenvalue weighted by Gasteiger charge is 2.25. The van der Waals surface area contributed by atoms with E-state index in [-0.39, 0.29) is 24.4 Å². The van der Waals surface area contributed by atoms with Gasteiger partial charge in [-0.25, -0.2) is 0 Å². The lowest BCUT2D eigenvalue weighted by atomic mass is 10.1. The largest absolute Gasteiger partial charge is 0.493 e. The van der Waals surface area contributed by atoms with Gasteiger partial charge in [0.2, 0.25) is 0 Å². The van der Waals surface area contributed by atoms with Crippen LogP contribution in [0.2, 0.25) is 5.02 Å². The lowest BCUT2D eigenvalue weighted by molar-refractivity contribution is 0.00844. The van der Waals surface area contributed by atoms with Crippen LogP contribution >= 0.6 is 24.0 Å². The summed E-state index contributed by atoms with van der Waals surface area (Å²) in [6.07, 6.45) is 3.60. The van der Waals surface area contributed by atoms with Gasteiger partial charge in [-0.2, -0.15) is 0 Å². The SMILES string of the molecule is CCCOc1c(Cl)cc(C(=O)N2CCC(OCCCN)CC2)cc1OC.Cl. The number of amides is 1. The Hall–Kier alpha value is -1.21. The number of methoxy groups -OCH3 is 1. The molecule has 0 atom stereocenters. The standard InChI is InChI=1S/C19H29ClN2O4.ClH/c1-3-10-26-18-16(20)12-14(13-17(18)24-2)19(23)22-8-5-15(6-9-22)25-11-4-7-21;/h12-13,15H,3-11,21H2,1-2H3;1H. The Morgan fingerprint density at radius 2 is 2.00 bits per heavy atom. The van der Waals surface area contributed by atoms with Crippen molar-refractivity contribution in [2.24, 2.45) is 5.73 Å². The van der Waals surface area contributed by atoms with Crippen LogP contribution in [-0.4, -0.2) is 56.9 Å². The van der Waals surface area contributed by atoms with Crippen LogP contribution < -0.4 is 15.2 Å². The van der Waals surface area contributed by atoms with E-state index in [2.05, 4.69) is 0 Å². The van der Waals surface area contributed by atoms with Crippen molar-refractivity contribution in [3.05, 3.63) is 22.7 Å². The molecule has 0 spiro atoms. The van der Waals surface area contributed by atoms with E-state index < -0.39 is 0 Å². The third kappa shape index (κ3) is 6.71. The molecule has 2 rings (SSSR count). The van der Waals surface area contributed by atoms with Crippen LogP contribution in [0.3, 0.4) is 0 Å². The lowest BCUT2D eigenvalue weighted by Crippen LogP contribution is -2.41. The summed E-state index contributed by atoms with van der Waals surface area (Å²) in [6.45, 7) is 5.21. The zero-order chi connectivity index (χ0) is 18.9. The van der Waals surface area contributed by atoms with Gasteiger partial charge in [0.1, 0.15) is 0 Å². The number of benzene rings is 1. The molecule has 8 heteroatoms. The summed E-state index contributed by atoms with van der Waals surface area (Å²) in [5.41, 5.74) is 5.99. The molecule has 27 heavy (non-hydrogen) atoms. The minimum atomic E-state index is -0.0485. The van der Waals surface area contributed by atoms with Gasteiger partial charge in [-0.15, -0.1) is 12.4 Å². The predicted octanol–water partition coefficient (Wildman–Crippen LogP) is 3.53. The second-order valence-corrected chi connectivity index (χ2v) is 6.75. The van der Waals surface area contributed by atoms with Crippen molar-refractivity contribution < 1.29 is 19.0 Å². The summed E-state index contributed by atoms with van der Waals surface area (Å²) in [4.78, 5) is 14.7. The fourth-order valence-electron chi connectivity index (χ4n) is 2.93. The van der Waals surface area contributed by atoms with Gasteiger partial charge in [0.05, 0.1) is 24.8 Å². The summed E-state index contributed by atoms with van der Waals surface area (Å²) in [5, 5.41) is 0.390. The van der Waals surface area contributed by atoms with Crippen LogP contribution in [0.1, 0.15) is 43.0 Å². The van der Waals surface area contributed by atoms with Crippen molar-refractivity contribution in [2.45, 2.75) is 38.7 Å². The quantitative estimate of drug-likeness (QED) is 0.618. The van der Waals surface area contributed by atoms with Gasteiger partial charge in [-0.1, -0.05) is 18.5 Å². The number of carbonyl (C=O) groups is 1. The fourth-order valence-corrected chi connectivity index (χ4v) is 3.19. The van der Waals surface area contributed by atoms with Gasteiger partial charge in [0.15, 0.2) is 11.5 Å². The number of hydrogen-bond acceptors (Lipinski definition) is 5. The lowest BCUT2D eigenvalue weighted by Gasteiger charge is -2.32. The Balaban J connectivity index is 0.00000364. The number of nitrogens with two attached hydrogens (primary N) is 1. The summed E-state index contributed by atoms with van der Waals surface area (Å²) in [7, 11) is 1.54. The van der Waals surface area contributed by atoms with Crippen molar-refractivity contribution in [1.82, 2.24) is 4.90 Å². The number of nitrogens with zero attached hydrogens (tertiary/aromatic N) is 1. The highest BCUT2D eigenvalue weighted by molar-refractivity contribution is 6.32. The molecule has 1 saturated heterocycles. The smallest absolute Gasteiger partial charge is 0.254 e. The van der Waals surface area contributed by atoms with Crippen molar-refractivity contribution in [3.8, 4) is 11.5 Å². The number of piperidine rings is 1. The molecule has 0 aromatic heterocycles. The first-order valence-electron chi connectivity index (χ1n) is 9.22. The number of halogens is 2. The van der Waals surface area contributed by atoms with Crippen LogP contribution in [0.4, 0.5) is 0 Å². The van der Waals surface area contributed by atoms with Crippen molar-refractivity contribution >= 4 is 29.9 Å². The van der Waals surface area contributed by atoms with E-state index in [9.17, 15) is 4.79 Å². The molecule has 2 N–H and O–H groups in total. The molecule has 6 nitrogen and oxygen atoms in total. The molecule has 0 radical (unpaired) electrons. The van der Waals surface area contributed by atoms with Gasteiger partial charge in [-0.05, 0) is 44.4 Å². The maximum absolute atomic E-state index is 12.8. The Kier molecular flexibility index (Phi) is 10.8. The Morgan fingerprint density at radius 1 is 1.30 bits per heavy atom. The first-order valence-corrected chi connectivity index (χ1v) is 9.59. The molecule has 1 heterocycles. The Bertz CT molecular complexity index is 593. The molecule has 0 aliphatic carbocycles. The van der Waals surface area contributed by atoms with Crippen molar-refractivity contribution in [2.75, 3.05) is 40.0 Å². The zero-order valence-electron chi connectivity index (χ0n) is 16.0. The van der Waals surface area contributed by atoms with E-state index >= 15 is 0 Å². The first-order chi connectivity index (χ1) is 12.6. The molecular weight excluding hydrogens is 391 g/mol. The second-order valence-electron chi connectivity index (χ2n) is 6.34. The van der Waals surface area contributed by atoms with Gasteiger partial charge in [0, 0.05) is 25.3 Å². The van der Waals surface area contributed by atoms with E-state index in [1.807, 2.05) is 11.8 Å². The molecule has 1 aliphatic rings. The summed E-state index contributed by atoms with van der Waals surface area (Å²) in [6, 6.07) is 3.35. The zero-order valence-corrected chi connectivity index (χ0v) is 17.6. The average Bonchev–Trinajstić information content (AvgIpc) is 2.66. The molecule has 1 aromatic rings. The van der Waals surface area contributed by atoms with Gasteiger partial charge in [-0.3, -0.25) is 4.79 Å². The molecule has 1 fully saturated rings. The minimum Gasteiger partial charge on any atom is -0.493 e. The van der Waals surface area contributed by atoms with Gasteiger partial charge < -0.3 is 24.8 Å². The maximum Gasteiger partial charge on any atom is 0.254 e. The highest BCUT2D eigenvalue weighted by atomic mass is 35.5. The number of ether oxygens (including phenoxy) is 3. The van der Waals surface area contributed by atoms with E-state index in [4.69, 9.17) is 31.5 Å². The average molecular weight is 421 g/mol. The van der Waals surface area contributed by atoms with Crippen LogP contribution in [0.5, 0.6) is 11.5 Å². The topological polar surface area (TPSA) is 74.0 Å². The summed E-state index contributed by atoms with van der Waals surface area (Å²) in [5.74, 6) is 0.918. The number of rotatable bonds is 9. The Morgan fingerprint density at radius 3 is 2.59 bits per heavy atom. The monoisotopic (exact) mass is 420 g/mol. The molecule has 154 valence electrons. The van der Waals surface area contributed by atoms with Crippen molar-refractivity contribution in [3.63, 3.8) is 0 Å². The predicted molar refractivity (Wildman–Crippen MR) is 110 cm³/mol. The van der Waals surface area contributed by atoms with E-state index in [1.165, 1.54) is 0 Å². The van der Waals surface area contributed by atoms with Gasteiger partial charge in [0.25, 0.3) is 5.91 Å². The van der Waals surface area contributed by atoms with Crippen LogP contribution in [0.15, 0.2) is 12.1 Å². The van der Waals surface area contributed by atoms with E-state index in [0.29, 0.717) is 54.9 Å². The van der Waals surface area contributed by atoms with Gasteiger partial charge >= 0.3 is 0 Å². The van der Waals surface area contributed by atoms with Crippen LogP contribution in [0.25, 0.3) is 0 Å². The fraction of sp³-hybridized carbons (Fsp3) is 0.632. The molecule has 1 amide bonds. The number of carbonyl (C=O) groups excluding carboxylic acids is 1. The second kappa shape index (κ2) is 12.3. The number of hydrogen-bond donors (Lipinski definition) is 1. The van der Waals surface area contributed by atoms with Crippen molar-refractivity contribution in [1.29, 1.82) is 0 Å². The first kappa shape index (κ1) is 23.8. The minimum absolute atomic E-state index is 0. The summed E-state index contributed by atoms with van der Waals surface area (Å²) >= 11 is 6.32. The molecule has 1 aromatic carbocycles. The molecule has 1 aliphatic heterocycles. The maximum atomic E-state index is 12.8. The third-order valence-electron chi connectivity index (χ3n) is 4.36. The number of likely N-dealkylation sites (tertiary alicyclic amines) is 1. The Labute approximate surface area is 172 Å². The molecular formula is C19H30Cl2N2O4. The molecule has 0 saturated carbocycles. The third-order valence-corrected chi connectivity index (χ3v) is 4.64. The highest BCUT2D eigenvalue weighted by Crippen LogP contribution is 2.37. The van der Waals surface area contributed by atoms with Crippen LogP contribution in [0, 0.1) is 0 Å².